The van der Waals surface area contributed by atoms with Crippen LogP contribution in [0.5, 0.6) is 0 Å². The largest absolute Gasteiger partial charge is 0.378 e. The van der Waals surface area contributed by atoms with Gasteiger partial charge in [-0.25, -0.2) is 18.4 Å². The van der Waals surface area contributed by atoms with Crippen LogP contribution in [-0.4, -0.2) is 62.2 Å². The smallest absolute Gasteiger partial charge is 0.225 e. The first kappa shape index (κ1) is 14.7. The Morgan fingerprint density at radius 3 is 2.62 bits per heavy atom. The maximum Gasteiger partial charge on any atom is 0.225 e. The molecule has 3 rings (SSSR count). The zero-order valence-electron chi connectivity index (χ0n) is 11.9. The first-order chi connectivity index (χ1) is 10.1. The average molecular weight is 312 g/mol. The summed E-state index contributed by atoms with van der Waals surface area (Å²) in [6.07, 6.45) is 4.29. The summed E-state index contributed by atoms with van der Waals surface area (Å²) in [4.78, 5) is 10.9. The molecule has 0 radical (unpaired) electrons. The summed E-state index contributed by atoms with van der Waals surface area (Å²) < 4.78 is 28.1. The minimum atomic E-state index is -2.83. The van der Waals surface area contributed by atoms with Gasteiger partial charge in [-0.3, -0.25) is 0 Å². The van der Waals surface area contributed by atoms with E-state index in [1.54, 1.807) is 12.4 Å². The molecule has 21 heavy (non-hydrogen) atoms. The quantitative estimate of drug-likeness (QED) is 0.809. The van der Waals surface area contributed by atoms with Gasteiger partial charge < -0.3 is 15.0 Å². The Labute approximate surface area is 124 Å². The van der Waals surface area contributed by atoms with Gasteiger partial charge in [0.2, 0.25) is 5.95 Å². The van der Waals surface area contributed by atoms with Crippen molar-refractivity contribution in [2.24, 2.45) is 0 Å². The van der Waals surface area contributed by atoms with E-state index in [1.165, 1.54) is 0 Å². The van der Waals surface area contributed by atoms with Gasteiger partial charge in [0.15, 0.2) is 9.84 Å². The predicted molar refractivity (Wildman–Crippen MR) is 79.0 cm³/mol. The van der Waals surface area contributed by atoms with Gasteiger partial charge in [0.1, 0.15) is 0 Å². The van der Waals surface area contributed by atoms with Gasteiger partial charge in [0, 0.05) is 43.6 Å². The number of aromatic nitrogens is 2. The highest BCUT2D eigenvalue weighted by Gasteiger charge is 2.27. The summed E-state index contributed by atoms with van der Waals surface area (Å²) in [7, 11) is -2.83. The number of hydrogen-bond donors (Lipinski definition) is 1. The maximum absolute atomic E-state index is 11.4. The molecule has 0 aromatic carbocycles. The van der Waals surface area contributed by atoms with Gasteiger partial charge in [-0.1, -0.05) is 0 Å². The highest BCUT2D eigenvalue weighted by atomic mass is 32.2. The van der Waals surface area contributed by atoms with Crippen molar-refractivity contribution in [2.45, 2.75) is 19.0 Å². The molecule has 0 amide bonds. The monoisotopic (exact) mass is 312 g/mol. The lowest BCUT2D eigenvalue weighted by Gasteiger charge is -2.26. The van der Waals surface area contributed by atoms with E-state index in [4.69, 9.17) is 4.74 Å². The van der Waals surface area contributed by atoms with Crippen LogP contribution in [0.1, 0.15) is 12.0 Å². The van der Waals surface area contributed by atoms with E-state index >= 15 is 0 Å². The molecule has 2 saturated heterocycles. The minimum absolute atomic E-state index is 0.0499. The van der Waals surface area contributed by atoms with Crippen molar-refractivity contribution in [2.75, 3.05) is 42.7 Å². The van der Waals surface area contributed by atoms with E-state index in [-0.39, 0.29) is 17.5 Å². The number of anilines is 1. The predicted octanol–water partition coefficient (Wildman–Crippen LogP) is -0.410. The number of nitrogens with zero attached hydrogens (tertiary/aromatic N) is 3. The van der Waals surface area contributed by atoms with Crippen molar-refractivity contribution in [3.63, 3.8) is 0 Å². The fraction of sp³-hybridized carbons (Fsp3) is 0.692. The second-order valence-electron chi connectivity index (χ2n) is 5.47. The van der Waals surface area contributed by atoms with E-state index in [2.05, 4.69) is 20.2 Å². The SMILES string of the molecule is O=S1(=O)CC[C@@H](NCc2cnc(N3CCOCC3)nc2)C1. The zero-order valence-corrected chi connectivity index (χ0v) is 12.7. The number of nitrogens with one attached hydrogen (secondary N) is 1. The lowest BCUT2D eigenvalue weighted by Crippen LogP contribution is -2.37. The van der Waals surface area contributed by atoms with Crippen LogP contribution in [0.4, 0.5) is 5.95 Å². The van der Waals surface area contributed by atoms with Crippen LogP contribution in [-0.2, 0) is 21.1 Å². The maximum atomic E-state index is 11.4. The molecule has 2 fully saturated rings. The Morgan fingerprint density at radius 2 is 2.00 bits per heavy atom. The third-order valence-electron chi connectivity index (χ3n) is 3.81. The third-order valence-corrected chi connectivity index (χ3v) is 5.58. The lowest BCUT2D eigenvalue weighted by atomic mass is 10.2. The Balaban J connectivity index is 1.52. The number of ether oxygens (including phenoxy) is 1. The Bertz CT molecular complexity index is 570. The molecule has 0 saturated carbocycles. The standard InChI is InChI=1S/C13H20N4O3S/c18-21(19)6-1-12(10-21)14-7-11-8-15-13(16-9-11)17-2-4-20-5-3-17/h8-9,12,14H,1-7,10H2/t12-/m1/s1. The molecule has 0 bridgehead atoms. The van der Waals surface area contributed by atoms with Crippen LogP contribution in [0.15, 0.2) is 12.4 Å². The molecule has 8 heteroatoms. The van der Waals surface area contributed by atoms with Gasteiger partial charge in [-0.15, -0.1) is 0 Å². The Kier molecular flexibility index (Phi) is 4.37. The lowest BCUT2D eigenvalue weighted by molar-refractivity contribution is 0.122. The van der Waals surface area contributed by atoms with Crippen molar-refractivity contribution < 1.29 is 13.2 Å². The van der Waals surface area contributed by atoms with E-state index < -0.39 is 9.84 Å². The molecule has 1 aromatic heterocycles. The topological polar surface area (TPSA) is 84.4 Å². The van der Waals surface area contributed by atoms with Crippen LogP contribution in [0.3, 0.4) is 0 Å². The van der Waals surface area contributed by atoms with Crippen molar-refractivity contribution >= 4 is 15.8 Å². The summed E-state index contributed by atoms with van der Waals surface area (Å²) in [5, 5.41) is 3.26. The molecule has 1 atom stereocenters. The van der Waals surface area contributed by atoms with Crippen LogP contribution >= 0.6 is 0 Å². The normalized spacial score (nSPS) is 25.1. The van der Waals surface area contributed by atoms with Gasteiger partial charge >= 0.3 is 0 Å². The van der Waals surface area contributed by atoms with Crippen molar-refractivity contribution in [1.82, 2.24) is 15.3 Å². The number of rotatable bonds is 4. The molecule has 2 aliphatic heterocycles. The zero-order chi connectivity index (χ0) is 14.7. The van der Waals surface area contributed by atoms with Crippen molar-refractivity contribution in [3.8, 4) is 0 Å². The molecule has 116 valence electrons. The number of sulfone groups is 1. The third kappa shape index (κ3) is 3.90. The summed E-state index contributed by atoms with van der Waals surface area (Å²) in [5.74, 6) is 1.25. The number of morpholine rings is 1. The molecule has 1 N–H and O–H groups in total. The van der Waals surface area contributed by atoms with E-state index in [9.17, 15) is 8.42 Å². The first-order valence-corrected chi connectivity index (χ1v) is 9.02. The Hall–Kier alpha value is -1.25. The van der Waals surface area contributed by atoms with Crippen molar-refractivity contribution in [1.29, 1.82) is 0 Å². The minimum Gasteiger partial charge on any atom is -0.378 e. The van der Waals surface area contributed by atoms with Crippen molar-refractivity contribution in [3.05, 3.63) is 18.0 Å². The molecule has 7 nitrogen and oxygen atoms in total. The van der Waals surface area contributed by atoms with E-state index in [0.717, 1.165) is 24.6 Å². The summed E-state index contributed by atoms with van der Waals surface area (Å²) in [6.45, 7) is 3.66. The molecular formula is C13H20N4O3S. The van der Waals surface area contributed by atoms with Gasteiger partial charge in [-0.2, -0.15) is 0 Å². The van der Waals surface area contributed by atoms with Gasteiger partial charge in [0.05, 0.1) is 24.7 Å². The molecule has 2 aliphatic rings. The van der Waals surface area contributed by atoms with Crippen LogP contribution < -0.4 is 10.2 Å². The molecular weight excluding hydrogens is 292 g/mol. The van der Waals surface area contributed by atoms with Gasteiger partial charge in [-0.05, 0) is 6.42 Å². The second kappa shape index (κ2) is 6.25. The highest BCUT2D eigenvalue weighted by Crippen LogP contribution is 2.13. The fourth-order valence-electron chi connectivity index (χ4n) is 2.58. The second-order valence-corrected chi connectivity index (χ2v) is 7.70. The Morgan fingerprint density at radius 1 is 1.29 bits per heavy atom. The summed E-state index contributed by atoms with van der Waals surface area (Å²) in [5.41, 5.74) is 0.969. The molecule has 0 unspecified atom stereocenters. The molecule has 1 aromatic rings. The molecule has 0 aliphatic carbocycles. The van der Waals surface area contributed by atoms with Gasteiger partial charge in [0.25, 0.3) is 0 Å². The first-order valence-electron chi connectivity index (χ1n) is 7.20. The summed E-state index contributed by atoms with van der Waals surface area (Å²) >= 11 is 0. The van der Waals surface area contributed by atoms with E-state index in [1.807, 2.05) is 0 Å². The fourth-order valence-corrected chi connectivity index (χ4v) is 4.29. The molecule has 3 heterocycles. The molecule has 0 spiro atoms. The van der Waals surface area contributed by atoms with Crippen LogP contribution in [0, 0.1) is 0 Å². The number of hydrogen-bond acceptors (Lipinski definition) is 7. The average Bonchev–Trinajstić information content (AvgIpc) is 2.86. The van der Waals surface area contributed by atoms with Crippen LogP contribution in [0.25, 0.3) is 0 Å². The van der Waals surface area contributed by atoms with Crippen LogP contribution in [0.2, 0.25) is 0 Å². The highest BCUT2D eigenvalue weighted by molar-refractivity contribution is 7.91. The summed E-state index contributed by atoms with van der Waals surface area (Å²) in [6, 6.07) is 0.0499. The van der Waals surface area contributed by atoms with E-state index in [0.29, 0.717) is 26.2 Å².